The number of benzene rings is 1. The second kappa shape index (κ2) is 5.83. The summed E-state index contributed by atoms with van der Waals surface area (Å²) in [5.74, 6) is -0.0678. The molecule has 18 heavy (non-hydrogen) atoms. The van der Waals surface area contributed by atoms with E-state index in [1.807, 2.05) is 27.7 Å². The molecule has 96 valence electrons. The van der Waals surface area contributed by atoms with Gasteiger partial charge in [-0.1, -0.05) is 33.8 Å². The SMILES string of the molecule is CC.CC(C)c1ccc(F)c2sc(N)c(C#N)c12. The highest BCUT2D eigenvalue weighted by Crippen LogP contribution is 2.39. The summed E-state index contributed by atoms with van der Waals surface area (Å²) in [6.07, 6.45) is 0. The predicted octanol–water partition coefficient (Wildman–Crippen LogP) is 4.64. The second-order valence-corrected chi connectivity index (χ2v) is 5.00. The van der Waals surface area contributed by atoms with Crippen molar-refractivity contribution in [3.05, 3.63) is 29.1 Å². The molecule has 0 amide bonds. The summed E-state index contributed by atoms with van der Waals surface area (Å²) >= 11 is 1.14. The van der Waals surface area contributed by atoms with Crippen molar-refractivity contribution in [3.63, 3.8) is 0 Å². The summed E-state index contributed by atoms with van der Waals surface area (Å²) in [5.41, 5.74) is 7.11. The number of hydrogen-bond donors (Lipinski definition) is 1. The zero-order valence-electron chi connectivity index (χ0n) is 11.0. The maximum Gasteiger partial charge on any atom is 0.141 e. The molecule has 2 rings (SSSR count). The Morgan fingerprint density at radius 1 is 1.33 bits per heavy atom. The lowest BCUT2D eigenvalue weighted by Gasteiger charge is -2.07. The first kappa shape index (κ1) is 14.5. The molecule has 0 aliphatic rings. The fraction of sp³-hybridized carbons (Fsp3) is 0.357. The standard InChI is InChI=1S/C12H11FN2S.C2H6/c1-6(2)7-3-4-9(13)11-10(7)8(5-14)12(15)16-11;1-2/h3-4,6H,15H2,1-2H3;1-2H3. The fourth-order valence-corrected chi connectivity index (χ4v) is 2.76. The molecule has 1 aromatic heterocycles. The van der Waals surface area contributed by atoms with E-state index in [1.54, 1.807) is 6.07 Å². The quantitative estimate of drug-likeness (QED) is 0.815. The molecule has 0 saturated heterocycles. The minimum absolute atomic E-state index is 0.240. The van der Waals surface area contributed by atoms with Gasteiger partial charge in [-0.15, -0.1) is 11.3 Å². The van der Waals surface area contributed by atoms with Crippen molar-refractivity contribution in [2.45, 2.75) is 33.6 Å². The van der Waals surface area contributed by atoms with E-state index >= 15 is 0 Å². The van der Waals surface area contributed by atoms with E-state index < -0.39 is 0 Å². The van der Waals surface area contributed by atoms with Crippen LogP contribution >= 0.6 is 11.3 Å². The summed E-state index contributed by atoms with van der Waals surface area (Å²) in [6, 6.07) is 5.23. The van der Waals surface area contributed by atoms with Gasteiger partial charge in [0.15, 0.2) is 0 Å². The third-order valence-corrected chi connectivity index (χ3v) is 3.61. The Balaban J connectivity index is 0.000000771. The Bertz CT molecular complexity index is 594. The first-order valence-corrected chi connectivity index (χ1v) is 6.78. The van der Waals surface area contributed by atoms with E-state index in [-0.39, 0.29) is 11.7 Å². The van der Waals surface area contributed by atoms with Gasteiger partial charge in [-0.2, -0.15) is 5.26 Å². The van der Waals surface area contributed by atoms with E-state index in [0.29, 0.717) is 20.7 Å². The number of nitrogens with zero attached hydrogens (tertiary/aromatic N) is 1. The van der Waals surface area contributed by atoms with Gasteiger partial charge in [-0.3, -0.25) is 0 Å². The molecule has 0 fully saturated rings. The van der Waals surface area contributed by atoms with Crippen LogP contribution in [0.5, 0.6) is 0 Å². The van der Waals surface area contributed by atoms with Gasteiger partial charge in [0.05, 0.1) is 10.3 Å². The number of rotatable bonds is 1. The Hall–Kier alpha value is -1.60. The summed E-state index contributed by atoms with van der Waals surface area (Å²) in [7, 11) is 0. The third-order valence-electron chi connectivity index (χ3n) is 2.58. The molecular weight excluding hydrogens is 247 g/mol. The average molecular weight is 264 g/mol. The molecule has 1 heterocycles. The molecule has 0 saturated carbocycles. The largest absolute Gasteiger partial charge is 0.389 e. The zero-order chi connectivity index (χ0) is 13.9. The van der Waals surface area contributed by atoms with Crippen LogP contribution < -0.4 is 5.73 Å². The highest BCUT2D eigenvalue weighted by molar-refractivity contribution is 7.23. The number of anilines is 1. The summed E-state index contributed by atoms with van der Waals surface area (Å²) in [6.45, 7) is 8.03. The molecule has 0 aliphatic carbocycles. The molecule has 0 radical (unpaired) electrons. The molecule has 1 aromatic carbocycles. The Morgan fingerprint density at radius 2 is 1.94 bits per heavy atom. The molecule has 0 aliphatic heterocycles. The highest BCUT2D eigenvalue weighted by atomic mass is 32.1. The van der Waals surface area contributed by atoms with Crippen molar-refractivity contribution in [1.29, 1.82) is 5.26 Å². The van der Waals surface area contributed by atoms with Crippen LogP contribution in [0.1, 0.15) is 44.7 Å². The van der Waals surface area contributed by atoms with Crippen LogP contribution in [-0.4, -0.2) is 0 Å². The number of nitriles is 1. The smallest absolute Gasteiger partial charge is 0.141 e. The van der Waals surface area contributed by atoms with Crippen LogP contribution in [0.2, 0.25) is 0 Å². The normalized spacial score (nSPS) is 10.1. The van der Waals surface area contributed by atoms with Gasteiger partial charge >= 0.3 is 0 Å². The monoisotopic (exact) mass is 264 g/mol. The Morgan fingerprint density at radius 3 is 2.44 bits per heavy atom. The number of halogens is 1. The minimum atomic E-state index is -0.308. The van der Waals surface area contributed by atoms with Gasteiger partial charge in [-0.25, -0.2) is 4.39 Å². The van der Waals surface area contributed by atoms with Crippen LogP contribution in [0.25, 0.3) is 10.1 Å². The molecule has 2 nitrogen and oxygen atoms in total. The zero-order valence-corrected chi connectivity index (χ0v) is 11.9. The number of nitrogens with two attached hydrogens (primary N) is 1. The van der Waals surface area contributed by atoms with Gasteiger partial charge in [0.1, 0.15) is 16.9 Å². The molecule has 0 atom stereocenters. The lowest BCUT2D eigenvalue weighted by molar-refractivity contribution is 0.641. The molecule has 0 unspecified atom stereocenters. The van der Waals surface area contributed by atoms with E-state index in [0.717, 1.165) is 16.9 Å². The van der Waals surface area contributed by atoms with Gasteiger partial charge in [0, 0.05) is 5.39 Å². The fourth-order valence-electron chi connectivity index (χ4n) is 1.81. The lowest BCUT2D eigenvalue weighted by Crippen LogP contribution is -1.91. The Labute approximate surface area is 111 Å². The maximum absolute atomic E-state index is 13.6. The van der Waals surface area contributed by atoms with Gasteiger partial charge in [0.25, 0.3) is 0 Å². The van der Waals surface area contributed by atoms with Gasteiger partial charge in [-0.05, 0) is 17.5 Å². The van der Waals surface area contributed by atoms with Crippen LogP contribution in [0.4, 0.5) is 9.39 Å². The molecular formula is C14H17FN2S. The van der Waals surface area contributed by atoms with Gasteiger partial charge in [0.2, 0.25) is 0 Å². The van der Waals surface area contributed by atoms with Crippen molar-refractivity contribution in [2.24, 2.45) is 0 Å². The Kier molecular flexibility index (Phi) is 4.69. The molecule has 4 heteroatoms. The average Bonchev–Trinajstić information content (AvgIpc) is 2.69. The van der Waals surface area contributed by atoms with Crippen molar-refractivity contribution in [3.8, 4) is 6.07 Å². The van der Waals surface area contributed by atoms with Crippen LogP contribution in [0, 0.1) is 17.1 Å². The van der Waals surface area contributed by atoms with Crippen LogP contribution in [0.3, 0.4) is 0 Å². The topological polar surface area (TPSA) is 49.8 Å². The lowest BCUT2D eigenvalue weighted by atomic mass is 9.97. The second-order valence-electron chi connectivity index (χ2n) is 3.95. The molecule has 2 N–H and O–H groups in total. The van der Waals surface area contributed by atoms with Crippen molar-refractivity contribution in [2.75, 3.05) is 5.73 Å². The third kappa shape index (κ3) is 2.32. The van der Waals surface area contributed by atoms with Crippen molar-refractivity contribution >= 4 is 26.4 Å². The van der Waals surface area contributed by atoms with Crippen molar-refractivity contribution < 1.29 is 4.39 Å². The highest BCUT2D eigenvalue weighted by Gasteiger charge is 2.17. The number of fused-ring (bicyclic) bond motifs is 1. The first-order valence-electron chi connectivity index (χ1n) is 5.96. The van der Waals surface area contributed by atoms with Crippen molar-refractivity contribution in [1.82, 2.24) is 0 Å². The number of hydrogen-bond acceptors (Lipinski definition) is 3. The summed E-state index contributed by atoms with van der Waals surface area (Å²) < 4.78 is 14.1. The molecule has 2 aromatic rings. The summed E-state index contributed by atoms with van der Waals surface area (Å²) in [5, 5.41) is 10.1. The first-order chi connectivity index (χ1) is 8.56. The van der Waals surface area contributed by atoms with E-state index in [1.165, 1.54) is 6.07 Å². The van der Waals surface area contributed by atoms with E-state index in [9.17, 15) is 4.39 Å². The maximum atomic E-state index is 13.6. The predicted molar refractivity (Wildman–Crippen MR) is 76.3 cm³/mol. The molecule has 0 spiro atoms. The van der Waals surface area contributed by atoms with E-state index in [4.69, 9.17) is 11.0 Å². The molecule has 0 bridgehead atoms. The summed E-state index contributed by atoms with van der Waals surface area (Å²) in [4.78, 5) is 0. The van der Waals surface area contributed by atoms with E-state index in [2.05, 4.69) is 6.07 Å². The number of thiophene rings is 1. The van der Waals surface area contributed by atoms with Gasteiger partial charge < -0.3 is 5.73 Å². The minimum Gasteiger partial charge on any atom is -0.389 e. The van der Waals surface area contributed by atoms with Crippen LogP contribution in [-0.2, 0) is 0 Å². The number of nitrogen functional groups attached to an aromatic ring is 1. The van der Waals surface area contributed by atoms with Crippen LogP contribution in [0.15, 0.2) is 12.1 Å².